The van der Waals surface area contributed by atoms with Crippen molar-refractivity contribution in [2.45, 2.75) is 43.4 Å². The Morgan fingerprint density at radius 3 is 2.06 bits per heavy atom. The Morgan fingerprint density at radius 2 is 1.53 bits per heavy atom. The van der Waals surface area contributed by atoms with Crippen molar-refractivity contribution in [1.82, 2.24) is 21.3 Å². The van der Waals surface area contributed by atoms with E-state index in [1.807, 2.05) is 5.32 Å². The lowest BCUT2D eigenvalue weighted by molar-refractivity contribution is -0.143. The molecule has 1 heterocycles. The van der Waals surface area contributed by atoms with Gasteiger partial charge < -0.3 is 41.7 Å². The standard InChI is InChI=1S/C20H28N4O8/c25-9-15(19(30)24-16(10-26)20(31)32)23-18(29)14(8-11-3-5-12(27)6-4-11)22-17(28)13-2-1-7-21-13/h3-6,13-16,21,25-27H,1-2,7-10H2,(H,22,28)(H,23,29)(H,24,30)(H,31,32). The van der Waals surface area contributed by atoms with Crippen molar-refractivity contribution in [3.63, 3.8) is 0 Å². The zero-order chi connectivity index (χ0) is 23.7. The first-order valence-corrected chi connectivity index (χ1v) is 10.1. The molecular formula is C20H28N4O8. The molecule has 1 aromatic rings. The summed E-state index contributed by atoms with van der Waals surface area (Å²) in [5, 5.41) is 46.9. The SMILES string of the molecule is O=C(O)C(CO)NC(=O)C(CO)NC(=O)C(Cc1ccc(O)cc1)NC(=O)C1CCCN1. The highest BCUT2D eigenvalue weighted by Gasteiger charge is 2.31. The number of carbonyl (C=O) groups is 4. The van der Waals surface area contributed by atoms with Gasteiger partial charge in [-0.2, -0.15) is 0 Å². The van der Waals surface area contributed by atoms with Gasteiger partial charge in [-0.1, -0.05) is 12.1 Å². The molecule has 1 aliphatic rings. The molecule has 0 radical (unpaired) electrons. The Bertz CT molecular complexity index is 810. The maximum absolute atomic E-state index is 12.9. The summed E-state index contributed by atoms with van der Waals surface area (Å²) >= 11 is 0. The first kappa shape index (κ1) is 25.0. The number of amides is 3. The Labute approximate surface area is 184 Å². The molecule has 1 fully saturated rings. The molecule has 1 saturated heterocycles. The van der Waals surface area contributed by atoms with Crippen LogP contribution in [0.5, 0.6) is 5.75 Å². The van der Waals surface area contributed by atoms with E-state index in [0.717, 1.165) is 6.42 Å². The van der Waals surface area contributed by atoms with Crippen molar-refractivity contribution in [3.8, 4) is 5.75 Å². The molecule has 3 amide bonds. The van der Waals surface area contributed by atoms with Gasteiger partial charge in [-0.3, -0.25) is 14.4 Å². The second-order valence-corrected chi connectivity index (χ2v) is 7.41. The van der Waals surface area contributed by atoms with Crippen molar-refractivity contribution < 1.29 is 39.6 Å². The van der Waals surface area contributed by atoms with Crippen molar-refractivity contribution in [2.24, 2.45) is 0 Å². The molecule has 0 saturated carbocycles. The molecule has 1 aliphatic heterocycles. The van der Waals surface area contributed by atoms with E-state index in [-0.39, 0.29) is 12.2 Å². The van der Waals surface area contributed by atoms with Gasteiger partial charge in [0.05, 0.1) is 19.3 Å². The number of aromatic hydroxyl groups is 1. The van der Waals surface area contributed by atoms with E-state index >= 15 is 0 Å². The minimum atomic E-state index is -1.60. The minimum absolute atomic E-state index is 0.0304. The van der Waals surface area contributed by atoms with Gasteiger partial charge in [-0.15, -0.1) is 0 Å². The fourth-order valence-electron chi connectivity index (χ4n) is 3.18. The lowest BCUT2D eigenvalue weighted by Gasteiger charge is -2.24. The summed E-state index contributed by atoms with van der Waals surface area (Å²) in [4.78, 5) is 48.6. The maximum Gasteiger partial charge on any atom is 0.328 e. The summed E-state index contributed by atoms with van der Waals surface area (Å²) in [6, 6.07) is 1.33. The van der Waals surface area contributed by atoms with Crippen LogP contribution in [0.4, 0.5) is 0 Å². The van der Waals surface area contributed by atoms with Crippen LogP contribution in [0.1, 0.15) is 18.4 Å². The van der Waals surface area contributed by atoms with E-state index in [0.29, 0.717) is 18.5 Å². The van der Waals surface area contributed by atoms with E-state index < -0.39 is 61.1 Å². The van der Waals surface area contributed by atoms with Crippen molar-refractivity contribution >= 4 is 23.7 Å². The number of aliphatic carboxylic acids is 1. The van der Waals surface area contributed by atoms with Gasteiger partial charge in [0.2, 0.25) is 17.7 Å². The Morgan fingerprint density at radius 1 is 0.938 bits per heavy atom. The molecule has 2 rings (SSSR count). The van der Waals surface area contributed by atoms with Gasteiger partial charge in [-0.05, 0) is 37.1 Å². The summed E-state index contributed by atoms with van der Waals surface area (Å²) < 4.78 is 0. The molecule has 12 nitrogen and oxygen atoms in total. The number of carboxylic acids is 1. The Balaban J connectivity index is 2.11. The topological polar surface area (TPSA) is 197 Å². The first-order chi connectivity index (χ1) is 15.2. The molecule has 0 aromatic heterocycles. The van der Waals surface area contributed by atoms with Crippen molar-refractivity contribution in [3.05, 3.63) is 29.8 Å². The number of carboxylic acid groups (broad SMARTS) is 1. The molecule has 32 heavy (non-hydrogen) atoms. The Kier molecular flexibility index (Phi) is 9.38. The van der Waals surface area contributed by atoms with Gasteiger partial charge in [-0.25, -0.2) is 4.79 Å². The number of phenols is 1. The summed E-state index contributed by atoms with van der Waals surface area (Å²) in [6.07, 6.45) is 1.47. The summed E-state index contributed by atoms with van der Waals surface area (Å²) in [7, 11) is 0. The van der Waals surface area contributed by atoms with Gasteiger partial charge in [0.1, 0.15) is 23.9 Å². The summed E-state index contributed by atoms with van der Waals surface area (Å²) in [6.45, 7) is -1.03. The third-order valence-corrected chi connectivity index (χ3v) is 5.00. The van der Waals surface area contributed by atoms with Gasteiger partial charge in [0.25, 0.3) is 0 Å². The third-order valence-electron chi connectivity index (χ3n) is 5.00. The van der Waals surface area contributed by atoms with Crippen LogP contribution in [0.3, 0.4) is 0 Å². The Hall–Kier alpha value is -3.22. The largest absolute Gasteiger partial charge is 0.508 e. The molecule has 12 heteroatoms. The van der Waals surface area contributed by atoms with Crippen LogP contribution < -0.4 is 21.3 Å². The van der Waals surface area contributed by atoms with Crippen LogP contribution in [0.25, 0.3) is 0 Å². The highest BCUT2D eigenvalue weighted by Crippen LogP contribution is 2.12. The number of hydrogen-bond acceptors (Lipinski definition) is 8. The fraction of sp³-hybridized carbons (Fsp3) is 0.500. The molecule has 4 unspecified atom stereocenters. The zero-order valence-electron chi connectivity index (χ0n) is 17.3. The van der Waals surface area contributed by atoms with E-state index in [2.05, 4.69) is 16.0 Å². The number of phenolic OH excluding ortho intramolecular Hbond substituents is 1. The molecule has 4 atom stereocenters. The highest BCUT2D eigenvalue weighted by molar-refractivity contribution is 5.94. The van der Waals surface area contributed by atoms with E-state index in [4.69, 9.17) is 10.2 Å². The second kappa shape index (κ2) is 12.0. The van der Waals surface area contributed by atoms with Crippen LogP contribution >= 0.6 is 0 Å². The molecule has 176 valence electrons. The monoisotopic (exact) mass is 452 g/mol. The second-order valence-electron chi connectivity index (χ2n) is 7.41. The molecular weight excluding hydrogens is 424 g/mol. The number of benzene rings is 1. The smallest absolute Gasteiger partial charge is 0.328 e. The van der Waals surface area contributed by atoms with Crippen LogP contribution in [-0.2, 0) is 25.6 Å². The van der Waals surface area contributed by atoms with Gasteiger partial charge in [0.15, 0.2) is 0 Å². The number of rotatable bonds is 11. The first-order valence-electron chi connectivity index (χ1n) is 10.1. The normalized spacial score (nSPS) is 18.2. The average molecular weight is 452 g/mol. The zero-order valence-corrected chi connectivity index (χ0v) is 17.3. The van der Waals surface area contributed by atoms with E-state index in [1.165, 1.54) is 12.1 Å². The van der Waals surface area contributed by atoms with Crippen molar-refractivity contribution in [1.29, 1.82) is 0 Å². The van der Waals surface area contributed by atoms with Crippen LogP contribution in [0.15, 0.2) is 24.3 Å². The van der Waals surface area contributed by atoms with Gasteiger partial charge >= 0.3 is 5.97 Å². The predicted octanol–water partition coefficient (Wildman–Crippen LogP) is -2.79. The number of aliphatic hydroxyl groups is 2. The molecule has 8 N–H and O–H groups in total. The predicted molar refractivity (Wildman–Crippen MR) is 110 cm³/mol. The van der Waals surface area contributed by atoms with E-state index in [1.54, 1.807) is 12.1 Å². The molecule has 0 aliphatic carbocycles. The molecule has 1 aromatic carbocycles. The van der Waals surface area contributed by atoms with Crippen molar-refractivity contribution in [2.75, 3.05) is 19.8 Å². The van der Waals surface area contributed by atoms with Crippen LogP contribution in [-0.4, -0.2) is 88.0 Å². The van der Waals surface area contributed by atoms with Gasteiger partial charge in [0, 0.05) is 6.42 Å². The number of nitrogens with one attached hydrogen (secondary N) is 4. The molecule has 0 bridgehead atoms. The lowest BCUT2D eigenvalue weighted by Crippen LogP contribution is -2.58. The number of aliphatic hydroxyl groups excluding tert-OH is 2. The average Bonchev–Trinajstić information content (AvgIpc) is 3.31. The van der Waals surface area contributed by atoms with Crippen LogP contribution in [0.2, 0.25) is 0 Å². The summed E-state index contributed by atoms with van der Waals surface area (Å²) in [5.41, 5.74) is 0.624. The summed E-state index contributed by atoms with van der Waals surface area (Å²) in [5.74, 6) is -3.62. The maximum atomic E-state index is 12.9. The number of hydrogen-bond donors (Lipinski definition) is 8. The third kappa shape index (κ3) is 7.18. The van der Waals surface area contributed by atoms with Crippen LogP contribution in [0, 0.1) is 0 Å². The minimum Gasteiger partial charge on any atom is -0.508 e. The fourth-order valence-corrected chi connectivity index (χ4v) is 3.18. The quantitative estimate of drug-likeness (QED) is 0.175. The molecule has 0 spiro atoms. The van der Waals surface area contributed by atoms with E-state index in [9.17, 15) is 29.4 Å². The highest BCUT2D eigenvalue weighted by atomic mass is 16.4. The number of carbonyl (C=O) groups excluding carboxylic acids is 3. The lowest BCUT2D eigenvalue weighted by atomic mass is 10.0.